The molecule has 0 saturated carbocycles. The lowest BCUT2D eigenvalue weighted by Gasteiger charge is -2.18. The molecule has 24 heavy (non-hydrogen) atoms. The molecule has 0 spiro atoms. The molecule has 0 aliphatic carbocycles. The Kier molecular flexibility index (Phi) is 5.41. The van der Waals surface area contributed by atoms with Crippen LogP contribution in [0.5, 0.6) is 5.75 Å². The molecule has 2 aromatic rings. The number of hydrogen-bond acceptors (Lipinski definition) is 4. The molecular weight excluding hydrogens is 322 g/mol. The quantitative estimate of drug-likeness (QED) is 0.599. The van der Waals surface area contributed by atoms with Crippen molar-refractivity contribution in [3.8, 4) is 5.75 Å². The number of ether oxygens (including phenoxy) is 1. The third-order valence-corrected chi connectivity index (χ3v) is 3.35. The smallest absolute Gasteiger partial charge is 0.387 e. The van der Waals surface area contributed by atoms with E-state index in [9.17, 15) is 23.7 Å². The third kappa shape index (κ3) is 4.25. The summed E-state index contributed by atoms with van der Waals surface area (Å²) < 4.78 is 29.2. The van der Waals surface area contributed by atoms with E-state index in [1.807, 2.05) is 0 Å². The normalized spacial score (nSPS) is 10.5. The Morgan fingerprint density at radius 3 is 2.42 bits per heavy atom. The second-order valence-electron chi connectivity index (χ2n) is 4.89. The zero-order valence-electron chi connectivity index (χ0n) is 12.7. The molecular formula is C16H14F2N2O4. The van der Waals surface area contributed by atoms with Crippen LogP contribution in [0.4, 0.5) is 20.2 Å². The van der Waals surface area contributed by atoms with Gasteiger partial charge in [0.1, 0.15) is 5.75 Å². The van der Waals surface area contributed by atoms with Gasteiger partial charge in [-0.2, -0.15) is 8.78 Å². The van der Waals surface area contributed by atoms with Gasteiger partial charge >= 0.3 is 6.61 Å². The molecule has 0 aromatic heterocycles. The minimum Gasteiger partial charge on any atom is -0.435 e. The third-order valence-electron chi connectivity index (χ3n) is 3.35. The molecule has 0 fully saturated rings. The number of non-ortho nitro benzene ring substituents is 1. The molecule has 126 valence electrons. The van der Waals surface area contributed by atoms with Crippen molar-refractivity contribution in [2.24, 2.45) is 0 Å². The maximum atomic E-state index is 12.4. The fraction of sp³-hybridized carbons (Fsp3) is 0.188. The van der Waals surface area contributed by atoms with Crippen LogP contribution >= 0.6 is 0 Å². The number of nitro benzene ring substituents is 1. The molecule has 0 unspecified atom stereocenters. The highest BCUT2D eigenvalue weighted by Gasteiger charge is 2.17. The lowest BCUT2D eigenvalue weighted by molar-refractivity contribution is -0.384. The lowest BCUT2D eigenvalue weighted by Crippen LogP contribution is -2.28. The van der Waals surface area contributed by atoms with Crippen molar-refractivity contribution >= 4 is 17.3 Å². The monoisotopic (exact) mass is 336 g/mol. The summed E-state index contributed by atoms with van der Waals surface area (Å²) in [6.07, 6.45) is -0.142. The van der Waals surface area contributed by atoms with Gasteiger partial charge in [0.15, 0.2) is 0 Å². The predicted octanol–water partition coefficient (Wildman–Crippen LogP) is 3.40. The van der Waals surface area contributed by atoms with Gasteiger partial charge in [-0.25, -0.2) is 0 Å². The summed E-state index contributed by atoms with van der Waals surface area (Å²) in [6.45, 7) is -2.98. The number of rotatable bonds is 6. The zero-order chi connectivity index (χ0) is 17.7. The fourth-order valence-corrected chi connectivity index (χ4v) is 2.08. The Morgan fingerprint density at radius 2 is 1.83 bits per heavy atom. The summed E-state index contributed by atoms with van der Waals surface area (Å²) in [7, 11) is 1.50. The topological polar surface area (TPSA) is 72.7 Å². The van der Waals surface area contributed by atoms with Gasteiger partial charge in [-0.15, -0.1) is 0 Å². The Labute approximate surface area is 136 Å². The van der Waals surface area contributed by atoms with Crippen molar-refractivity contribution in [2.75, 3.05) is 11.9 Å². The van der Waals surface area contributed by atoms with Gasteiger partial charge in [-0.05, 0) is 18.2 Å². The van der Waals surface area contributed by atoms with Crippen molar-refractivity contribution in [1.82, 2.24) is 0 Å². The summed E-state index contributed by atoms with van der Waals surface area (Å²) >= 11 is 0. The van der Waals surface area contributed by atoms with Gasteiger partial charge in [-0.3, -0.25) is 14.9 Å². The van der Waals surface area contributed by atoms with Crippen molar-refractivity contribution in [2.45, 2.75) is 13.0 Å². The average molecular weight is 336 g/mol. The summed E-state index contributed by atoms with van der Waals surface area (Å²) in [5, 5.41) is 10.6. The standard InChI is InChI=1S/C16H14F2N2O4/c1-19(12-6-8-13(9-7-12)20(22)23)15(21)10-11-4-2-3-5-14(11)24-16(17)18/h2-9,16H,10H2,1H3. The molecule has 2 aromatic carbocycles. The molecule has 0 aliphatic rings. The van der Waals surface area contributed by atoms with E-state index < -0.39 is 11.5 Å². The van der Waals surface area contributed by atoms with E-state index in [4.69, 9.17) is 0 Å². The fourth-order valence-electron chi connectivity index (χ4n) is 2.08. The lowest BCUT2D eigenvalue weighted by atomic mass is 10.1. The first-order valence-corrected chi connectivity index (χ1v) is 6.92. The number of likely N-dealkylation sites (N-methyl/N-ethyl adjacent to an activating group) is 1. The van der Waals surface area contributed by atoms with Crippen molar-refractivity contribution in [3.05, 3.63) is 64.2 Å². The van der Waals surface area contributed by atoms with E-state index in [0.717, 1.165) is 0 Å². The van der Waals surface area contributed by atoms with Crippen LogP contribution in [0.1, 0.15) is 5.56 Å². The molecule has 0 atom stereocenters. The van der Waals surface area contributed by atoms with E-state index in [2.05, 4.69) is 4.74 Å². The van der Waals surface area contributed by atoms with Gasteiger partial charge in [0.25, 0.3) is 5.69 Å². The minimum absolute atomic E-state index is 0.0575. The highest BCUT2D eigenvalue weighted by atomic mass is 19.3. The molecule has 0 radical (unpaired) electrons. The van der Waals surface area contributed by atoms with Crippen LogP contribution in [0.2, 0.25) is 0 Å². The molecule has 0 bridgehead atoms. The molecule has 2 rings (SSSR count). The number of amides is 1. The summed E-state index contributed by atoms with van der Waals surface area (Å²) in [6, 6.07) is 11.5. The Hall–Kier alpha value is -3.03. The molecule has 0 N–H and O–H groups in total. The highest BCUT2D eigenvalue weighted by Crippen LogP contribution is 2.23. The SMILES string of the molecule is CN(C(=O)Cc1ccccc1OC(F)F)c1ccc([N+](=O)[O-])cc1. The first-order valence-electron chi connectivity index (χ1n) is 6.92. The second-order valence-corrected chi connectivity index (χ2v) is 4.89. The number of alkyl halides is 2. The predicted molar refractivity (Wildman–Crippen MR) is 83.3 cm³/mol. The van der Waals surface area contributed by atoms with Crippen molar-refractivity contribution in [3.63, 3.8) is 0 Å². The van der Waals surface area contributed by atoms with Crippen LogP contribution in [0.3, 0.4) is 0 Å². The van der Waals surface area contributed by atoms with Gasteiger partial charge in [0.05, 0.1) is 11.3 Å². The number of carbonyl (C=O) groups excluding carboxylic acids is 1. The number of nitro groups is 1. The van der Waals surface area contributed by atoms with Crippen LogP contribution < -0.4 is 9.64 Å². The summed E-state index contributed by atoms with van der Waals surface area (Å²) in [5.74, 6) is -0.424. The highest BCUT2D eigenvalue weighted by molar-refractivity contribution is 5.94. The van der Waals surface area contributed by atoms with E-state index in [1.165, 1.54) is 54.4 Å². The molecule has 8 heteroatoms. The first kappa shape index (κ1) is 17.3. The number of benzene rings is 2. The number of halogens is 2. The average Bonchev–Trinajstić information content (AvgIpc) is 2.55. The number of para-hydroxylation sites is 1. The number of anilines is 1. The second kappa shape index (κ2) is 7.49. The van der Waals surface area contributed by atoms with E-state index in [-0.39, 0.29) is 23.8 Å². The van der Waals surface area contributed by atoms with Gasteiger partial charge < -0.3 is 9.64 Å². The molecule has 0 aliphatic heterocycles. The van der Waals surface area contributed by atoms with Gasteiger partial charge in [0.2, 0.25) is 5.91 Å². The maximum Gasteiger partial charge on any atom is 0.387 e. The van der Waals surface area contributed by atoms with E-state index in [0.29, 0.717) is 11.3 Å². The molecule has 6 nitrogen and oxygen atoms in total. The van der Waals surface area contributed by atoms with E-state index in [1.54, 1.807) is 6.07 Å². The van der Waals surface area contributed by atoms with Crippen LogP contribution in [0, 0.1) is 10.1 Å². The Bertz CT molecular complexity index is 735. The van der Waals surface area contributed by atoms with Crippen molar-refractivity contribution < 1.29 is 23.2 Å². The van der Waals surface area contributed by atoms with Crippen LogP contribution in [-0.2, 0) is 11.2 Å². The van der Waals surface area contributed by atoms with Gasteiger partial charge in [-0.1, -0.05) is 18.2 Å². The summed E-state index contributed by atoms with van der Waals surface area (Å²) in [5.41, 5.74) is 0.699. The van der Waals surface area contributed by atoms with E-state index >= 15 is 0 Å². The van der Waals surface area contributed by atoms with Crippen LogP contribution in [0.25, 0.3) is 0 Å². The number of hydrogen-bond donors (Lipinski definition) is 0. The van der Waals surface area contributed by atoms with Crippen LogP contribution in [-0.4, -0.2) is 24.5 Å². The summed E-state index contributed by atoms with van der Waals surface area (Å²) in [4.78, 5) is 23.7. The maximum absolute atomic E-state index is 12.4. The Balaban J connectivity index is 2.13. The number of nitrogens with zero attached hydrogens (tertiary/aromatic N) is 2. The minimum atomic E-state index is -2.98. The molecule has 0 saturated heterocycles. The largest absolute Gasteiger partial charge is 0.435 e. The van der Waals surface area contributed by atoms with Gasteiger partial charge in [0, 0.05) is 30.4 Å². The first-order chi connectivity index (χ1) is 11.4. The van der Waals surface area contributed by atoms with Crippen molar-refractivity contribution in [1.29, 1.82) is 0 Å². The molecule has 0 heterocycles. The zero-order valence-corrected chi connectivity index (χ0v) is 12.7. The molecule has 1 amide bonds. The Morgan fingerprint density at radius 1 is 1.21 bits per heavy atom. The van der Waals surface area contributed by atoms with Crippen LogP contribution in [0.15, 0.2) is 48.5 Å². The number of carbonyl (C=O) groups is 1.